The van der Waals surface area contributed by atoms with Crippen molar-refractivity contribution in [1.29, 1.82) is 0 Å². The first kappa shape index (κ1) is 15.9. The molecule has 0 radical (unpaired) electrons. The summed E-state index contributed by atoms with van der Waals surface area (Å²) in [5.74, 6) is -0.970. The molecule has 0 atom stereocenters. The Morgan fingerprint density at radius 1 is 1.04 bits per heavy atom. The lowest BCUT2D eigenvalue weighted by Crippen LogP contribution is -2.13. The predicted octanol–water partition coefficient (Wildman–Crippen LogP) is 4.99. The van der Waals surface area contributed by atoms with Gasteiger partial charge in [-0.1, -0.05) is 44.0 Å². The number of carbonyl (C=O) groups is 1. The number of nitrogens with zero attached hydrogens (tertiary/aromatic N) is 1. The van der Waals surface area contributed by atoms with Gasteiger partial charge >= 0.3 is 0 Å². The van der Waals surface area contributed by atoms with Crippen molar-refractivity contribution in [3.8, 4) is 11.3 Å². The molecule has 0 unspecified atom stereocenters. The number of aromatic amines is 1. The zero-order chi connectivity index (χ0) is 16.4. The first-order chi connectivity index (χ1) is 11.0. The van der Waals surface area contributed by atoms with Gasteiger partial charge in [0, 0.05) is 14.5 Å². The van der Waals surface area contributed by atoms with Gasteiger partial charge in [0.1, 0.15) is 11.5 Å². The SMILES string of the molecule is O=C(Nc1ccc(Br)cc1F)c1cc(-c2ccc(Br)cc2)n[nH]1. The van der Waals surface area contributed by atoms with Gasteiger partial charge < -0.3 is 5.32 Å². The van der Waals surface area contributed by atoms with Crippen molar-refractivity contribution in [3.63, 3.8) is 0 Å². The van der Waals surface area contributed by atoms with Crippen molar-refractivity contribution in [3.05, 3.63) is 69.0 Å². The molecule has 1 amide bonds. The second-order valence-corrected chi connectivity index (χ2v) is 6.58. The van der Waals surface area contributed by atoms with E-state index in [2.05, 4.69) is 47.4 Å². The molecule has 0 spiro atoms. The molecule has 4 nitrogen and oxygen atoms in total. The van der Waals surface area contributed by atoms with E-state index in [9.17, 15) is 9.18 Å². The van der Waals surface area contributed by atoms with E-state index in [0.29, 0.717) is 10.2 Å². The van der Waals surface area contributed by atoms with Gasteiger partial charge in [-0.3, -0.25) is 9.89 Å². The molecule has 2 aromatic carbocycles. The Hall–Kier alpha value is -1.99. The highest BCUT2D eigenvalue weighted by atomic mass is 79.9. The lowest BCUT2D eigenvalue weighted by atomic mass is 10.1. The number of carbonyl (C=O) groups excluding carboxylic acids is 1. The molecule has 0 aliphatic rings. The summed E-state index contributed by atoms with van der Waals surface area (Å²) in [6.07, 6.45) is 0. The van der Waals surface area contributed by atoms with Crippen LogP contribution in [0.2, 0.25) is 0 Å². The highest BCUT2D eigenvalue weighted by Crippen LogP contribution is 2.22. The average Bonchev–Trinajstić information content (AvgIpc) is 3.01. The largest absolute Gasteiger partial charge is 0.318 e. The molecular weight excluding hydrogens is 429 g/mol. The van der Waals surface area contributed by atoms with Crippen LogP contribution < -0.4 is 5.32 Å². The predicted molar refractivity (Wildman–Crippen MR) is 93.8 cm³/mol. The third-order valence-electron chi connectivity index (χ3n) is 3.14. The molecule has 2 N–H and O–H groups in total. The molecule has 0 bridgehead atoms. The Labute approximate surface area is 148 Å². The number of hydrogen-bond acceptors (Lipinski definition) is 2. The molecule has 1 aromatic heterocycles. The van der Waals surface area contributed by atoms with Gasteiger partial charge in [0.2, 0.25) is 0 Å². The Kier molecular flexibility index (Phi) is 4.58. The number of nitrogens with one attached hydrogen (secondary N) is 2. The Morgan fingerprint density at radius 3 is 2.43 bits per heavy atom. The topological polar surface area (TPSA) is 57.8 Å². The molecule has 0 aliphatic carbocycles. The van der Waals surface area contributed by atoms with Crippen LogP contribution >= 0.6 is 31.9 Å². The summed E-state index contributed by atoms with van der Waals surface area (Å²) in [6, 6.07) is 13.6. The van der Waals surface area contributed by atoms with Gasteiger partial charge in [-0.05, 0) is 36.4 Å². The smallest absolute Gasteiger partial charge is 0.273 e. The Bertz CT molecular complexity index is 862. The molecular formula is C16H10Br2FN3O. The van der Waals surface area contributed by atoms with Gasteiger partial charge in [0.25, 0.3) is 5.91 Å². The quantitative estimate of drug-likeness (QED) is 0.604. The third kappa shape index (κ3) is 3.68. The molecule has 116 valence electrons. The van der Waals surface area contributed by atoms with Crippen LogP contribution in [0.1, 0.15) is 10.5 Å². The molecule has 1 heterocycles. The summed E-state index contributed by atoms with van der Waals surface area (Å²) in [5.41, 5.74) is 1.88. The van der Waals surface area contributed by atoms with Crippen molar-refractivity contribution >= 4 is 43.5 Å². The second-order valence-electron chi connectivity index (χ2n) is 4.75. The summed E-state index contributed by atoms with van der Waals surface area (Å²) in [5, 5.41) is 9.29. The summed E-state index contributed by atoms with van der Waals surface area (Å²) in [4.78, 5) is 12.2. The maximum atomic E-state index is 13.8. The highest BCUT2D eigenvalue weighted by molar-refractivity contribution is 9.10. The van der Waals surface area contributed by atoms with E-state index in [1.807, 2.05) is 24.3 Å². The van der Waals surface area contributed by atoms with Crippen LogP contribution in [-0.4, -0.2) is 16.1 Å². The fourth-order valence-corrected chi connectivity index (χ4v) is 2.58. The van der Waals surface area contributed by atoms with Gasteiger partial charge in [-0.15, -0.1) is 0 Å². The molecule has 0 saturated heterocycles. The van der Waals surface area contributed by atoms with E-state index >= 15 is 0 Å². The standard InChI is InChI=1S/C16H10Br2FN3O/c17-10-3-1-9(2-4-10)14-8-15(22-21-14)16(23)20-13-6-5-11(18)7-12(13)19/h1-8H,(H,20,23)(H,21,22). The molecule has 3 rings (SSSR count). The van der Waals surface area contributed by atoms with Crippen LogP contribution in [0.25, 0.3) is 11.3 Å². The van der Waals surface area contributed by atoms with Gasteiger partial charge in [-0.2, -0.15) is 5.10 Å². The van der Waals surface area contributed by atoms with Crippen LogP contribution in [0.4, 0.5) is 10.1 Å². The zero-order valence-electron chi connectivity index (χ0n) is 11.6. The Balaban J connectivity index is 1.79. The molecule has 0 saturated carbocycles. The molecule has 7 heteroatoms. The lowest BCUT2D eigenvalue weighted by Gasteiger charge is -2.04. The first-order valence-electron chi connectivity index (χ1n) is 6.61. The van der Waals surface area contributed by atoms with E-state index in [-0.39, 0.29) is 11.4 Å². The van der Waals surface area contributed by atoms with Crippen molar-refractivity contribution in [2.75, 3.05) is 5.32 Å². The number of benzene rings is 2. The minimum Gasteiger partial charge on any atom is -0.318 e. The summed E-state index contributed by atoms with van der Waals surface area (Å²) in [6.45, 7) is 0. The van der Waals surface area contributed by atoms with Gasteiger partial charge in [0.05, 0.1) is 11.4 Å². The fraction of sp³-hybridized carbons (Fsp3) is 0. The summed E-state index contributed by atoms with van der Waals surface area (Å²) < 4.78 is 15.3. The second kappa shape index (κ2) is 6.64. The monoisotopic (exact) mass is 437 g/mol. The maximum Gasteiger partial charge on any atom is 0.273 e. The Morgan fingerprint density at radius 2 is 1.74 bits per heavy atom. The number of anilines is 1. The number of halogens is 3. The molecule has 3 aromatic rings. The number of rotatable bonds is 3. The third-order valence-corrected chi connectivity index (χ3v) is 4.16. The summed E-state index contributed by atoms with van der Waals surface area (Å²) in [7, 11) is 0. The van der Waals surface area contributed by atoms with Crippen LogP contribution in [0.15, 0.2) is 57.5 Å². The van der Waals surface area contributed by atoms with Gasteiger partial charge in [0.15, 0.2) is 0 Å². The first-order valence-corrected chi connectivity index (χ1v) is 8.19. The number of aromatic nitrogens is 2. The van der Waals surface area contributed by atoms with Crippen molar-refractivity contribution < 1.29 is 9.18 Å². The van der Waals surface area contributed by atoms with E-state index in [1.54, 1.807) is 12.1 Å². The van der Waals surface area contributed by atoms with E-state index in [4.69, 9.17) is 0 Å². The summed E-state index contributed by atoms with van der Waals surface area (Å²) >= 11 is 6.53. The van der Waals surface area contributed by atoms with E-state index in [1.165, 1.54) is 12.1 Å². The lowest BCUT2D eigenvalue weighted by molar-refractivity contribution is 0.102. The van der Waals surface area contributed by atoms with Crippen molar-refractivity contribution in [2.24, 2.45) is 0 Å². The minimum absolute atomic E-state index is 0.109. The highest BCUT2D eigenvalue weighted by Gasteiger charge is 2.13. The van der Waals surface area contributed by atoms with Crippen LogP contribution in [-0.2, 0) is 0 Å². The number of H-pyrrole nitrogens is 1. The van der Waals surface area contributed by atoms with Crippen LogP contribution in [0.3, 0.4) is 0 Å². The van der Waals surface area contributed by atoms with E-state index < -0.39 is 11.7 Å². The van der Waals surface area contributed by atoms with Crippen molar-refractivity contribution in [1.82, 2.24) is 10.2 Å². The normalized spacial score (nSPS) is 10.6. The fourth-order valence-electron chi connectivity index (χ4n) is 1.99. The molecule has 0 aliphatic heterocycles. The van der Waals surface area contributed by atoms with Gasteiger partial charge in [-0.25, -0.2) is 4.39 Å². The zero-order valence-corrected chi connectivity index (χ0v) is 14.8. The maximum absolute atomic E-state index is 13.8. The molecule has 0 fully saturated rings. The van der Waals surface area contributed by atoms with E-state index in [0.717, 1.165) is 10.0 Å². The minimum atomic E-state index is -0.514. The number of amides is 1. The van der Waals surface area contributed by atoms with Crippen molar-refractivity contribution in [2.45, 2.75) is 0 Å². The van der Waals surface area contributed by atoms with Crippen LogP contribution in [0.5, 0.6) is 0 Å². The average molecular weight is 439 g/mol. The number of hydrogen-bond donors (Lipinski definition) is 2. The molecule has 23 heavy (non-hydrogen) atoms. The van der Waals surface area contributed by atoms with Crippen LogP contribution in [0, 0.1) is 5.82 Å².